The fourth-order valence-electron chi connectivity index (χ4n) is 2.37. The summed E-state index contributed by atoms with van der Waals surface area (Å²) in [6.07, 6.45) is 3.82. The molecule has 0 aromatic heterocycles. The highest BCUT2D eigenvalue weighted by atomic mass is 15.2. The van der Waals surface area contributed by atoms with E-state index in [9.17, 15) is 0 Å². The lowest BCUT2D eigenvalue weighted by Gasteiger charge is -2.32. The highest BCUT2D eigenvalue weighted by molar-refractivity contribution is 4.71. The van der Waals surface area contributed by atoms with Crippen LogP contribution in [0.1, 0.15) is 60.8 Å². The van der Waals surface area contributed by atoms with E-state index in [2.05, 4.69) is 51.8 Å². The number of rotatable bonds is 10. The largest absolute Gasteiger partial charge is 0.314 e. The van der Waals surface area contributed by atoms with Crippen molar-refractivity contribution in [1.82, 2.24) is 10.2 Å². The van der Waals surface area contributed by atoms with Crippen LogP contribution in [0, 0.1) is 5.92 Å². The van der Waals surface area contributed by atoms with Crippen molar-refractivity contribution in [3.8, 4) is 0 Å². The van der Waals surface area contributed by atoms with Gasteiger partial charge in [-0.25, -0.2) is 0 Å². The average molecular weight is 242 g/mol. The van der Waals surface area contributed by atoms with Gasteiger partial charge < -0.3 is 10.2 Å². The monoisotopic (exact) mass is 242 g/mol. The van der Waals surface area contributed by atoms with Crippen LogP contribution in [-0.4, -0.2) is 36.6 Å². The van der Waals surface area contributed by atoms with Crippen molar-refractivity contribution in [2.24, 2.45) is 5.92 Å². The smallest absolute Gasteiger partial charge is 0.00901 e. The Balaban J connectivity index is 4.00. The highest BCUT2D eigenvalue weighted by Gasteiger charge is 2.15. The molecule has 104 valence electrons. The second kappa shape index (κ2) is 9.90. The molecule has 0 saturated carbocycles. The zero-order chi connectivity index (χ0) is 13.3. The van der Waals surface area contributed by atoms with Gasteiger partial charge in [-0.05, 0) is 38.3 Å². The van der Waals surface area contributed by atoms with Crippen molar-refractivity contribution in [2.75, 3.05) is 19.6 Å². The first-order chi connectivity index (χ1) is 8.01. The van der Waals surface area contributed by atoms with Crippen molar-refractivity contribution in [2.45, 2.75) is 72.9 Å². The molecule has 0 aliphatic heterocycles. The summed E-state index contributed by atoms with van der Waals surface area (Å²) >= 11 is 0. The van der Waals surface area contributed by atoms with Crippen LogP contribution in [0.2, 0.25) is 0 Å². The molecule has 0 heterocycles. The normalized spacial score (nSPS) is 12.4. The molecule has 0 saturated heterocycles. The second-order valence-corrected chi connectivity index (χ2v) is 5.82. The minimum atomic E-state index is 0.613. The van der Waals surface area contributed by atoms with Gasteiger partial charge in [0, 0.05) is 18.6 Å². The molecule has 0 radical (unpaired) electrons. The van der Waals surface area contributed by atoms with Crippen LogP contribution in [0.3, 0.4) is 0 Å². The molecule has 0 aromatic carbocycles. The lowest BCUT2D eigenvalue weighted by Crippen LogP contribution is -2.39. The van der Waals surface area contributed by atoms with Gasteiger partial charge in [-0.2, -0.15) is 0 Å². The molecule has 0 atom stereocenters. The Morgan fingerprint density at radius 1 is 1.00 bits per heavy atom. The molecule has 17 heavy (non-hydrogen) atoms. The minimum absolute atomic E-state index is 0.613. The molecule has 2 nitrogen and oxygen atoms in total. The topological polar surface area (TPSA) is 15.3 Å². The maximum absolute atomic E-state index is 3.50. The Morgan fingerprint density at radius 3 is 2.00 bits per heavy atom. The summed E-state index contributed by atoms with van der Waals surface area (Å²) in [7, 11) is 0. The van der Waals surface area contributed by atoms with Gasteiger partial charge in [0.1, 0.15) is 0 Å². The summed E-state index contributed by atoms with van der Waals surface area (Å²) < 4.78 is 0. The van der Waals surface area contributed by atoms with Crippen molar-refractivity contribution in [3.63, 3.8) is 0 Å². The van der Waals surface area contributed by atoms with E-state index in [-0.39, 0.29) is 0 Å². The molecule has 0 aliphatic carbocycles. The standard InChI is InChI=1S/C15H34N2/c1-7-15(8-2)17(12-13(3)4)11-9-10-16-14(5)6/h13-16H,7-12H2,1-6H3. The molecule has 1 N–H and O–H groups in total. The van der Waals surface area contributed by atoms with E-state index in [1.54, 1.807) is 0 Å². The molecule has 0 unspecified atom stereocenters. The summed E-state index contributed by atoms with van der Waals surface area (Å²) in [6, 6.07) is 1.39. The van der Waals surface area contributed by atoms with Gasteiger partial charge in [-0.15, -0.1) is 0 Å². The van der Waals surface area contributed by atoms with Crippen molar-refractivity contribution in [3.05, 3.63) is 0 Å². The molecular formula is C15H34N2. The third-order valence-electron chi connectivity index (χ3n) is 3.23. The van der Waals surface area contributed by atoms with E-state index < -0.39 is 0 Å². The van der Waals surface area contributed by atoms with Crippen molar-refractivity contribution < 1.29 is 0 Å². The molecule has 0 spiro atoms. The summed E-state index contributed by atoms with van der Waals surface area (Å²) in [5.41, 5.74) is 0. The molecule has 0 aliphatic rings. The van der Waals surface area contributed by atoms with Crippen LogP contribution >= 0.6 is 0 Å². The van der Waals surface area contributed by atoms with Crippen LogP contribution < -0.4 is 5.32 Å². The Kier molecular flexibility index (Phi) is 9.85. The molecule has 0 bridgehead atoms. The molecule has 0 rings (SSSR count). The number of nitrogens with zero attached hydrogens (tertiary/aromatic N) is 1. The SMILES string of the molecule is CCC(CC)N(CCCNC(C)C)CC(C)C. The summed E-state index contributed by atoms with van der Waals surface area (Å²) in [5.74, 6) is 0.772. The van der Waals surface area contributed by atoms with Crippen LogP contribution in [0.25, 0.3) is 0 Å². The van der Waals surface area contributed by atoms with Gasteiger partial charge >= 0.3 is 0 Å². The molecule has 0 fully saturated rings. The van der Waals surface area contributed by atoms with Crippen LogP contribution in [0.5, 0.6) is 0 Å². The van der Waals surface area contributed by atoms with E-state index in [1.807, 2.05) is 0 Å². The van der Waals surface area contributed by atoms with Crippen molar-refractivity contribution in [1.29, 1.82) is 0 Å². The summed E-state index contributed by atoms with van der Waals surface area (Å²) in [6.45, 7) is 17.3. The molecular weight excluding hydrogens is 208 g/mol. The third-order valence-corrected chi connectivity index (χ3v) is 3.23. The first-order valence-electron chi connectivity index (χ1n) is 7.48. The van der Waals surface area contributed by atoms with Gasteiger partial charge in [-0.3, -0.25) is 0 Å². The van der Waals surface area contributed by atoms with Gasteiger partial charge in [0.05, 0.1) is 0 Å². The number of hydrogen-bond acceptors (Lipinski definition) is 2. The minimum Gasteiger partial charge on any atom is -0.314 e. The lowest BCUT2D eigenvalue weighted by molar-refractivity contribution is 0.163. The first-order valence-corrected chi connectivity index (χ1v) is 7.48. The van der Waals surface area contributed by atoms with Crippen LogP contribution in [-0.2, 0) is 0 Å². The van der Waals surface area contributed by atoms with E-state index in [0.717, 1.165) is 18.5 Å². The predicted molar refractivity (Wildman–Crippen MR) is 78.5 cm³/mol. The Hall–Kier alpha value is -0.0800. The van der Waals surface area contributed by atoms with E-state index in [4.69, 9.17) is 0 Å². The van der Waals surface area contributed by atoms with Crippen molar-refractivity contribution >= 4 is 0 Å². The molecule has 0 aromatic rings. The van der Waals surface area contributed by atoms with Gasteiger partial charge in [0.15, 0.2) is 0 Å². The predicted octanol–water partition coefficient (Wildman–Crippen LogP) is 3.52. The lowest BCUT2D eigenvalue weighted by atomic mass is 10.1. The molecule has 0 amide bonds. The van der Waals surface area contributed by atoms with E-state index in [0.29, 0.717) is 6.04 Å². The maximum atomic E-state index is 3.50. The van der Waals surface area contributed by atoms with Crippen LogP contribution in [0.4, 0.5) is 0 Å². The Labute approximate surface area is 109 Å². The zero-order valence-corrected chi connectivity index (χ0v) is 12.9. The van der Waals surface area contributed by atoms with E-state index >= 15 is 0 Å². The Morgan fingerprint density at radius 2 is 1.59 bits per heavy atom. The summed E-state index contributed by atoms with van der Waals surface area (Å²) in [5, 5.41) is 3.50. The fraction of sp³-hybridized carbons (Fsp3) is 1.00. The maximum Gasteiger partial charge on any atom is 0.00901 e. The fourth-order valence-corrected chi connectivity index (χ4v) is 2.37. The van der Waals surface area contributed by atoms with Gasteiger partial charge in [0.2, 0.25) is 0 Å². The Bertz CT molecular complexity index is 162. The van der Waals surface area contributed by atoms with Crippen LogP contribution in [0.15, 0.2) is 0 Å². The van der Waals surface area contributed by atoms with Gasteiger partial charge in [-0.1, -0.05) is 41.5 Å². The number of nitrogens with one attached hydrogen (secondary N) is 1. The summed E-state index contributed by atoms with van der Waals surface area (Å²) in [4.78, 5) is 2.69. The second-order valence-electron chi connectivity index (χ2n) is 5.82. The van der Waals surface area contributed by atoms with Gasteiger partial charge in [0.25, 0.3) is 0 Å². The quantitative estimate of drug-likeness (QED) is 0.590. The average Bonchev–Trinajstić information content (AvgIpc) is 2.24. The van der Waals surface area contributed by atoms with E-state index in [1.165, 1.54) is 32.4 Å². The first kappa shape index (κ1) is 16.9. The zero-order valence-electron chi connectivity index (χ0n) is 12.9. The highest BCUT2D eigenvalue weighted by Crippen LogP contribution is 2.11. The number of hydrogen-bond donors (Lipinski definition) is 1. The molecule has 2 heteroatoms. The third kappa shape index (κ3) is 8.62.